The Morgan fingerprint density at radius 3 is 2.90 bits per heavy atom. The highest BCUT2D eigenvalue weighted by Crippen LogP contribution is 2.08. The molecule has 58 valence electrons. The first-order chi connectivity index (χ1) is 4.74. The molecule has 1 heterocycles. The molecule has 1 amide bonds. The predicted octanol–water partition coefficient (Wildman–Crippen LogP) is -0.182. The van der Waals surface area contributed by atoms with Gasteiger partial charge in [0.25, 0.3) is 0 Å². The van der Waals surface area contributed by atoms with Crippen molar-refractivity contribution in [1.29, 1.82) is 0 Å². The van der Waals surface area contributed by atoms with Crippen molar-refractivity contribution < 1.29 is 9.90 Å². The number of hydrogen-bond acceptors (Lipinski definition) is 2. The minimum atomic E-state index is -0.341. The lowest BCUT2D eigenvalue weighted by Crippen LogP contribution is -2.30. The van der Waals surface area contributed by atoms with E-state index >= 15 is 0 Å². The number of rotatable bonds is 1. The number of carbonyl (C=O) groups excluding carboxylic acids is 1. The topological polar surface area (TPSA) is 40.5 Å². The van der Waals surface area contributed by atoms with Crippen molar-refractivity contribution in [3.05, 3.63) is 0 Å². The molecule has 0 aromatic rings. The summed E-state index contributed by atoms with van der Waals surface area (Å²) in [4.78, 5) is 12.4. The molecular weight excluding hydrogens is 154 g/mol. The van der Waals surface area contributed by atoms with Crippen molar-refractivity contribution in [2.45, 2.75) is 12.5 Å². The highest BCUT2D eigenvalue weighted by molar-refractivity contribution is 6.27. The average molecular weight is 164 g/mol. The fourth-order valence-corrected chi connectivity index (χ4v) is 1.22. The molecule has 0 unspecified atom stereocenters. The molecule has 0 radical (unpaired) electrons. The first-order valence-corrected chi connectivity index (χ1v) is 3.79. The third kappa shape index (κ3) is 1.61. The highest BCUT2D eigenvalue weighted by atomic mass is 35.5. The Kier molecular flexibility index (Phi) is 2.51. The first kappa shape index (κ1) is 7.82. The Morgan fingerprint density at radius 1 is 1.80 bits per heavy atom. The van der Waals surface area contributed by atoms with E-state index in [0.717, 1.165) is 0 Å². The maximum absolute atomic E-state index is 10.8. The van der Waals surface area contributed by atoms with Crippen LogP contribution in [0, 0.1) is 0 Å². The molecule has 1 saturated heterocycles. The molecule has 1 atom stereocenters. The molecule has 0 saturated carbocycles. The van der Waals surface area contributed by atoms with Gasteiger partial charge in [-0.15, -0.1) is 11.6 Å². The van der Waals surface area contributed by atoms with Gasteiger partial charge in [0, 0.05) is 13.1 Å². The summed E-state index contributed by atoms with van der Waals surface area (Å²) in [6.07, 6.45) is 0.343. The third-order valence-corrected chi connectivity index (χ3v) is 1.86. The van der Waals surface area contributed by atoms with Crippen molar-refractivity contribution in [2.24, 2.45) is 0 Å². The van der Waals surface area contributed by atoms with Crippen molar-refractivity contribution in [3.63, 3.8) is 0 Å². The number of carbonyl (C=O) groups is 1. The van der Waals surface area contributed by atoms with Gasteiger partial charge in [-0.25, -0.2) is 0 Å². The molecule has 10 heavy (non-hydrogen) atoms. The lowest BCUT2D eigenvalue weighted by atomic mass is 10.3. The zero-order valence-electron chi connectivity index (χ0n) is 5.59. The van der Waals surface area contributed by atoms with Crippen LogP contribution in [0.15, 0.2) is 0 Å². The molecule has 1 rings (SSSR count). The summed E-state index contributed by atoms with van der Waals surface area (Å²) in [6.45, 7) is 1.10. The second-order valence-corrected chi connectivity index (χ2v) is 2.68. The second-order valence-electron chi connectivity index (χ2n) is 2.42. The molecule has 1 aliphatic heterocycles. The SMILES string of the molecule is O=C(CCl)N1CC[C@H](O)C1. The Morgan fingerprint density at radius 2 is 2.50 bits per heavy atom. The van der Waals surface area contributed by atoms with Crippen molar-refractivity contribution in [3.8, 4) is 0 Å². The number of aliphatic hydroxyl groups excluding tert-OH is 1. The van der Waals surface area contributed by atoms with Crippen LogP contribution in [-0.4, -0.2) is 41.0 Å². The van der Waals surface area contributed by atoms with Gasteiger partial charge in [0.05, 0.1) is 6.10 Å². The van der Waals surface area contributed by atoms with E-state index < -0.39 is 0 Å². The van der Waals surface area contributed by atoms with Gasteiger partial charge in [-0.1, -0.05) is 0 Å². The first-order valence-electron chi connectivity index (χ1n) is 3.26. The fraction of sp³-hybridized carbons (Fsp3) is 0.833. The van der Waals surface area contributed by atoms with Gasteiger partial charge in [-0.05, 0) is 6.42 Å². The zero-order valence-corrected chi connectivity index (χ0v) is 6.34. The summed E-state index contributed by atoms with van der Waals surface area (Å²) < 4.78 is 0. The molecule has 4 heteroatoms. The van der Waals surface area contributed by atoms with Crippen molar-refractivity contribution in [1.82, 2.24) is 4.90 Å². The molecule has 3 nitrogen and oxygen atoms in total. The molecule has 1 fully saturated rings. The summed E-state index contributed by atoms with van der Waals surface area (Å²) in [5.74, 6) is -0.0644. The molecule has 0 spiro atoms. The molecular formula is C6H10ClNO2. The lowest BCUT2D eigenvalue weighted by molar-refractivity contribution is -0.127. The van der Waals surface area contributed by atoms with Gasteiger partial charge in [0.1, 0.15) is 5.88 Å². The summed E-state index contributed by atoms with van der Waals surface area (Å²) in [7, 11) is 0. The van der Waals surface area contributed by atoms with Crippen LogP contribution in [0.5, 0.6) is 0 Å². The largest absolute Gasteiger partial charge is 0.391 e. The van der Waals surface area contributed by atoms with Crippen LogP contribution in [0.3, 0.4) is 0 Å². The molecule has 0 aromatic heterocycles. The van der Waals surface area contributed by atoms with Crippen LogP contribution in [0.2, 0.25) is 0 Å². The van der Waals surface area contributed by atoms with E-state index in [1.54, 1.807) is 4.90 Å². The standard InChI is InChI=1S/C6H10ClNO2/c7-3-6(10)8-2-1-5(9)4-8/h5,9H,1-4H2/t5-/m0/s1. The van der Waals surface area contributed by atoms with Crippen LogP contribution < -0.4 is 0 Å². The van der Waals surface area contributed by atoms with Crippen LogP contribution in [0.1, 0.15) is 6.42 Å². The maximum Gasteiger partial charge on any atom is 0.237 e. The Bertz CT molecular complexity index is 140. The zero-order chi connectivity index (χ0) is 7.56. The summed E-state index contributed by atoms with van der Waals surface area (Å²) in [6, 6.07) is 0. The quantitative estimate of drug-likeness (QED) is 0.545. The highest BCUT2D eigenvalue weighted by Gasteiger charge is 2.23. The van der Waals surface area contributed by atoms with E-state index in [1.807, 2.05) is 0 Å². The molecule has 0 aromatic carbocycles. The van der Waals surface area contributed by atoms with Crippen LogP contribution in [0.25, 0.3) is 0 Å². The van der Waals surface area contributed by atoms with Crippen LogP contribution in [-0.2, 0) is 4.79 Å². The molecule has 0 bridgehead atoms. The summed E-state index contributed by atoms with van der Waals surface area (Å²) in [5.41, 5.74) is 0. The van der Waals surface area contributed by atoms with Crippen molar-refractivity contribution in [2.75, 3.05) is 19.0 Å². The average Bonchev–Trinajstić information content (AvgIpc) is 2.34. The summed E-state index contributed by atoms with van der Waals surface area (Å²) in [5, 5.41) is 9.01. The van der Waals surface area contributed by atoms with Crippen LogP contribution >= 0.6 is 11.6 Å². The second kappa shape index (κ2) is 3.21. The van der Waals surface area contributed by atoms with Gasteiger partial charge >= 0.3 is 0 Å². The fourth-order valence-electron chi connectivity index (χ4n) is 1.05. The van der Waals surface area contributed by atoms with E-state index in [-0.39, 0.29) is 17.9 Å². The predicted molar refractivity (Wildman–Crippen MR) is 37.9 cm³/mol. The normalized spacial score (nSPS) is 25.4. The van der Waals surface area contributed by atoms with Gasteiger partial charge in [-0.3, -0.25) is 4.79 Å². The Balaban J connectivity index is 2.37. The minimum Gasteiger partial charge on any atom is -0.391 e. The van der Waals surface area contributed by atoms with Crippen LogP contribution in [0.4, 0.5) is 0 Å². The van der Waals surface area contributed by atoms with Gasteiger partial charge < -0.3 is 10.0 Å². The molecule has 0 aliphatic carbocycles. The van der Waals surface area contributed by atoms with Crippen molar-refractivity contribution >= 4 is 17.5 Å². The van der Waals surface area contributed by atoms with E-state index in [4.69, 9.17) is 16.7 Å². The van der Waals surface area contributed by atoms with E-state index in [2.05, 4.69) is 0 Å². The monoisotopic (exact) mass is 163 g/mol. The number of alkyl halides is 1. The van der Waals surface area contributed by atoms with E-state index in [9.17, 15) is 4.79 Å². The molecule has 1 N–H and O–H groups in total. The summed E-state index contributed by atoms with van der Waals surface area (Å²) >= 11 is 5.31. The Hall–Kier alpha value is -0.280. The van der Waals surface area contributed by atoms with Gasteiger partial charge in [-0.2, -0.15) is 0 Å². The van der Waals surface area contributed by atoms with Gasteiger partial charge in [0.2, 0.25) is 5.91 Å². The number of halogens is 1. The minimum absolute atomic E-state index is 0.0206. The number of β-amino-alcohol motifs (C(OH)–C–C–N with tert-alkyl or cyclic N) is 1. The number of hydrogen-bond donors (Lipinski definition) is 1. The Labute approximate surface area is 64.6 Å². The number of amides is 1. The number of aliphatic hydroxyl groups is 1. The lowest BCUT2D eigenvalue weighted by Gasteiger charge is -2.12. The third-order valence-electron chi connectivity index (χ3n) is 1.63. The van der Waals surface area contributed by atoms with E-state index in [1.165, 1.54) is 0 Å². The maximum atomic E-state index is 10.8. The molecule has 1 aliphatic rings. The number of nitrogens with zero attached hydrogens (tertiary/aromatic N) is 1. The number of likely N-dealkylation sites (tertiary alicyclic amines) is 1. The smallest absolute Gasteiger partial charge is 0.237 e. The van der Waals surface area contributed by atoms with Gasteiger partial charge in [0.15, 0.2) is 0 Å². The van der Waals surface area contributed by atoms with E-state index in [0.29, 0.717) is 19.5 Å².